The summed E-state index contributed by atoms with van der Waals surface area (Å²) in [4.78, 5) is 9.68. The maximum absolute atomic E-state index is 5.39. The van der Waals surface area contributed by atoms with Crippen LogP contribution in [0.1, 0.15) is 12.5 Å². The molecule has 6 nitrogen and oxygen atoms in total. The highest BCUT2D eigenvalue weighted by atomic mass is 127. The summed E-state index contributed by atoms with van der Waals surface area (Å²) in [5.41, 5.74) is 1.19. The number of thiophene rings is 1. The summed E-state index contributed by atoms with van der Waals surface area (Å²) < 4.78 is 10.7. The average molecular weight is 530 g/mol. The normalized spacial score (nSPS) is 14.4. The number of ether oxygens (including phenoxy) is 2. The molecule has 0 amide bonds. The zero-order valence-corrected chi connectivity index (χ0v) is 20.5. The summed E-state index contributed by atoms with van der Waals surface area (Å²) in [6, 6.07) is 10.4. The van der Waals surface area contributed by atoms with E-state index in [4.69, 9.17) is 14.5 Å². The molecular weight excluding hydrogens is 499 g/mol. The minimum absolute atomic E-state index is 0. The molecule has 160 valence electrons. The molecule has 0 atom stereocenters. The van der Waals surface area contributed by atoms with Crippen LogP contribution in [-0.2, 0) is 6.42 Å². The van der Waals surface area contributed by atoms with Crippen molar-refractivity contribution in [1.82, 2.24) is 10.2 Å². The zero-order chi connectivity index (χ0) is 19.8. The fourth-order valence-electron chi connectivity index (χ4n) is 3.34. The van der Waals surface area contributed by atoms with E-state index in [0.717, 1.165) is 63.1 Å². The summed E-state index contributed by atoms with van der Waals surface area (Å²) in [5, 5.41) is 6.94. The second-order valence-corrected chi connectivity index (χ2v) is 7.53. The molecule has 8 heteroatoms. The Labute approximate surface area is 194 Å². The largest absolute Gasteiger partial charge is 0.493 e. The van der Waals surface area contributed by atoms with Gasteiger partial charge in [0.05, 0.1) is 19.2 Å². The Morgan fingerprint density at radius 1 is 1.10 bits per heavy atom. The SMILES string of the molecule is CCNC(=NCCc1ccc(OC)c(OC)c1)N1CCN(c2cccs2)CC1.I. The van der Waals surface area contributed by atoms with Crippen LogP contribution in [0.4, 0.5) is 5.00 Å². The maximum Gasteiger partial charge on any atom is 0.194 e. The van der Waals surface area contributed by atoms with E-state index in [1.165, 1.54) is 10.6 Å². The molecule has 29 heavy (non-hydrogen) atoms. The van der Waals surface area contributed by atoms with E-state index in [1.54, 1.807) is 14.2 Å². The highest BCUT2D eigenvalue weighted by Crippen LogP contribution is 2.27. The van der Waals surface area contributed by atoms with Gasteiger partial charge in [0.1, 0.15) is 0 Å². The van der Waals surface area contributed by atoms with Gasteiger partial charge in [-0.1, -0.05) is 6.07 Å². The molecule has 0 unspecified atom stereocenters. The number of guanidine groups is 1. The lowest BCUT2D eigenvalue weighted by molar-refractivity contribution is 0.354. The van der Waals surface area contributed by atoms with Crippen molar-refractivity contribution in [2.75, 3.05) is 58.4 Å². The number of benzene rings is 1. The highest BCUT2D eigenvalue weighted by molar-refractivity contribution is 14.0. The maximum atomic E-state index is 5.39. The van der Waals surface area contributed by atoms with Crippen molar-refractivity contribution < 1.29 is 9.47 Å². The third-order valence-corrected chi connectivity index (χ3v) is 5.77. The van der Waals surface area contributed by atoms with E-state index in [1.807, 2.05) is 23.5 Å². The molecule has 0 spiro atoms. The number of aliphatic imine (C=N–C) groups is 1. The third kappa shape index (κ3) is 6.40. The monoisotopic (exact) mass is 530 g/mol. The smallest absolute Gasteiger partial charge is 0.194 e. The Bertz CT molecular complexity index is 762. The van der Waals surface area contributed by atoms with Crippen molar-refractivity contribution in [2.24, 2.45) is 4.99 Å². The van der Waals surface area contributed by atoms with Crippen molar-refractivity contribution >= 4 is 46.3 Å². The van der Waals surface area contributed by atoms with E-state index >= 15 is 0 Å². The fourth-order valence-corrected chi connectivity index (χ4v) is 4.13. The predicted molar refractivity (Wildman–Crippen MR) is 133 cm³/mol. The molecule has 2 heterocycles. The molecule has 2 aromatic rings. The Morgan fingerprint density at radius 3 is 2.48 bits per heavy atom. The van der Waals surface area contributed by atoms with Crippen LogP contribution in [0, 0.1) is 0 Å². The molecule has 3 rings (SSSR count). The van der Waals surface area contributed by atoms with E-state index < -0.39 is 0 Å². The Hall–Kier alpha value is -1.68. The van der Waals surface area contributed by atoms with Crippen LogP contribution in [0.2, 0.25) is 0 Å². The van der Waals surface area contributed by atoms with Crippen molar-refractivity contribution in [3.63, 3.8) is 0 Å². The molecule has 1 saturated heterocycles. The van der Waals surface area contributed by atoms with Crippen LogP contribution in [0.25, 0.3) is 0 Å². The molecule has 0 aliphatic carbocycles. The summed E-state index contributed by atoms with van der Waals surface area (Å²) in [7, 11) is 3.32. The van der Waals surface area contributed by atoms with Crippen molar-refractivity contribution in [3.05, 3.63) is 41.3 Å². The van der Waals surface area contributed by atoms with E-state index in [0.29, 0.717) is 0 Å². The van der Waals surface area contributed by atoms with Gasteiger partial charge in [-0.25, -0.2) is 0 Å². The molecule has 0 saturated carbocycles. The van der Waals surface area contributed by atoms with Crippen LogP contribution in [0.3, 0.4) is 0 Å². The van der Waals surface area contributed by atoms with Gasteiger partial charge in [0.2, 0.25) is 0 Å². The fraction of sp³-hybridized carbons (Fsp3) is 0.476. The minimum Gasteiger partial charge on any atom is -0.493 e. The van der Waals surface area contributed by atoms with Crippen LogP contribution in [0.5, 0.6) is 11.5 Å². The van der Waals surface area contributed by atoms with Gasteiger partial charge in [-0.05, 0) is 48.6 Å². The van der Waals surface area contributed by atoms with Gasteiger partial charge in [0, 0.05) is 39.3 Å². The number of methoxy groups -OCH3 is 2. The van der Waals surface area contributed by atoms with Crippen molar-refractivity contribution in [2.45, 2.75) is 13.3 Å². The third-order valence-electron chi connectivity index (χ3n) is 4.84. The molecular formula is C21H31IN4O2S. The molecule has 0 bridgehead atoms. The van der Waals surface area contributed by atoms with Crippen molar-refractivity contribution in [1.29, 1.82) is 0 Å². The van der Waals surface area contributed by atoms with Gasteiger partial charge in [-0.2, -0.15) is 0 Å². The van der Waals surface area contributed by atoms with Gasteiger partial charge < -0.3 is 24.6 Å². The average Bonchev–Trinajstić information content (AvgIpc) is 3.28. The predicted octanol–water partition coefficient (Wildman–Crippen LogP) is 3.71. The van der Waals surface area contributed by atoms with Crippen molar-refractivity contribution in [3.8, 4) is 11.5 Å². The standard InChI is InChI=1S/C21H30N4O2S.HI/c1-4-22-21(25-13-11-24(12-14-25)20-6-5-15-28-20)23-10-9-17-7-8-18(26-2)19(16-17)27-3;/h5-8,15-16H,4,9-14H2,1-3H3,(H,22,23);1H. The second-order valence-electron chi connectivity index (χ2n) is 6.60. The summed E-state index contributed by atoms with van der Waals surface area (Å²) in [5.74, 6) is 2.53. The highest BCUT2D eigenvalue weighted by Gasteiger charge is 2.20. The second kappa shape index (κ2) is 12.1. The van der Waals surface area contributed by atoms with Crippen LogP contribution in [-0.4, -0.2) is 64.3 Å². The first kappa shape index (κ1) is 23.6. The summed E-state index contributed by atoms with van der Waals surface area (Å²) in [6.07, 6.45) is 0.865. The van der Waals surface area contributed by atoms with E-state index in [9.17, 15) is 0 Å². The number of nitrogens with zero attached hydrogens (tertiary/aromatic N) is 3. The van der Waals surface area contributed by atoms with E-state index in [-0.39, 0.29) is 24.0 Å². The molecule has 0 radical (unpaired) electrons. The lowest BCUT2D eigenvalue weighted by Crippen LogP contribution is -2.52. The summed E-state index contributed by atoms with van der Waals surface area (Å²) in [6.45, 7) is 7.76. The number of hydrogen-bond donors (Lipinski definition) is 1. The quantitative estimate of drug-likeness (QED) is 0.336. The molecule has 1 fully saturated rings. The summed E-state index contributed by atoms with van der Waals surface area (Å²) >= 11 is 1.81. The number of rotatable bonds is 7. The van der Waals surface area contributed by atoms with Gasteiger partial charge in [0.15, 0.2) is 17.5 Å². The molecule has 1 aromatic carbocycles. The number of nitrogens with one attached hydrogen (secondary N) is 1. The first-order chi connectivity index (χ1) is 13.7. The van der Waals surface area contributed by atoms with Gasteiger partial charge >= 0.3 is 0 Å². The van der Waals surface area contributed by atoms with Gasteiger partial charge in [-0.15, -0.1) is 35.3 Å². The van der Waals surface area contributed by atoms with Gasteiger partial charge in [0.25, 0.3) is 0 Å². The minimum atomic E-state index is 0. The Kier molecular flexibility index (Phi) is 9.86. The molecule has 1 aromatic heterocycles. The zero-order valence-electron chi connectivity index (χ0n) is 17.4. The topological polar surface area (TPSA) is 49.3 Å². The molecule has 1 aliphatic heterocycles. The van der Waals surface area contributed by atoms with Crippen LogP contribution in [0.15, 0.2) is 40.7 Å². The van der Waals surface area contributed by atoms with E-state index in [2.05, 4.69) is 45.6 Å². The molecule has 1 N–H and O–H groups in total. The first-order valence-electron chi connectivity index (χ1n) is 9.77. The number of piperazine rings is 1. The Balaban J connectivity index is 0.00000300. The first-order valence-corrected chi connectivity index (χ1v) is 10.7. The number of anilines is 1. The number of halogens is 1. The van der Waals surface area contributed by atoms with Gasteiger partial charge in [-0.3, -0.25) is 4.99 Å². The van der Waals surface area contributed by atoms with Crippen LogP contribution < -0.4 is 19.7 Å². The lowest BCUT2D eigenvalue weighted by atomic mass is 10.1. The number of hydrogen-bond acceptors (Lipinski definition) is 5. The molecule has 1 aliphatic rings. The van der Waals surface area contributed by atoms with Crippen LogP contribution >= 0.6 is 35.3 Å². The lowest BCUT2D eigenvalue weighted by Gasteiger charge is -2.37. The Morgan fingerprint density at radius 2 is 1.86 bits per heavy atom.